The zero-order chi connectivity index (χ0) is 25.3. The van der Waals surface area contributed by atoms with Crippen molar-refractivity contribution in [2.75, 3.05) is 10.8 Å². The Labute approximate surface area is 213 Å². The van der Waals surface area contributed by atoms with Gasteiger partial charge in [0.05, 0.1) is 23.2 Å². The zero-order valence-electron chi connectivity index (χ0n) is 20.7. The van der Waals surface area contributed by atoms with Crippen molar-refractivity contribution in [2.24, 2.45) is 0 Å². The van der Waals surface area contributed by atoms with Crippen LogP contribution in [0.5, 0.6) is 5.75 Å². The van der Waals surface area contributed by atoms with Gasteiger partial charge in [-0.05, 0) is 80.0 Å². The fourth-order valence-corrected chi connectivity index (χ4v) is 6.54. The molecule has 0 fully saturated rings. The Bertz CT molecular complexity index is 1370. The highest BCUT2D eigenvalue weighted by molar-refractivity contribution is 7.92. The van der Waals surface area contributed by atoms with Crippen LogP contribution in [0.1, 0.15) is 54.5 Å². The lowest BCUT2D eigenvalue weighted by Gasteiger charge is -2.35. The van der Waals surface area contributed by atoms with Gasteiger partial charge in [-0.1, -0.05) is 55.0 Å². The summed E-state index contributed by atoms with van der Waals surface area (Å²) in [5, 5.41) is 3.12. The highest BCUT2D eigenvalue weighted by Crippen LogP contribution is 2.37. The van der Waals surface area contributed by atoms with E-state index in [-0.39, 0.29) is 23.4 Å². The number of aryl methyl sites for hydroxylation is 3. The van der Waals surface area contributed by atoms with Crippen LogP contribution in [-0.4, -0.2) is 27.0 Å². The molecule has 0 radical (unpaired) electrons. The molecule has 2 atom stereocenters. The van der Waals surface area contributed by atoms with Gasteiger partial charge in [-0.2, -0.15) is 0 Å². The lowest BCUT2D eigenvalue weighted by molar-refractivity contribution is -0.128. The SMILES string of the molecule is CCC(NC(=O)C1CN(S(=O)(=O)c2ccc(C)cc2)c2ccccc2O1)c1ccc2c(c1)CCCC2. The lowest BCUT2D eigenvalue weighted by atomic mass is 9.88. The molecule has 0 spiro atoms. The molecular formula is C29H32N2O4S. The Morgan fingerprint density at radius 3 is 2.50 bits per heavy atom. The molecule has 1 N–H and O–H groups in total. The van der Waals surface area contributed by atoms with Crippen LogP contribution in [0.2, 0.25) is 0 Å². The maximum absolute atomic E-state index is 13.6. The van der Waals surface area contributed by atoms with Crippen molar-refractivity contribution in [1.82, 2.24) is 5.32 Å². The Balaban J connectivity index is 1.40. The first kappa shape index (κ1) is 24.4. The number of rotatable bonds is 6. The molecule has 3 aromatic rings. The van der Waals surface area contributed by atoms with E-state index < -0.39 is 16.1 Å². The molecule has 7 heteroatoms. The van der Waals surface area contributed by atoms with Gasteiger partial charge in [0.15, 0.2) is 6.10 Å². The average molecular weight is 505 g/mol. The van der Waals surface area contributed by atoms with Crippen molar-refractivity contribution in [3.63, 3.8) is 0 Å². The number of nitrogens with one attached hydrogen (secondary N) is 1. The molecule has 2 aliphatic rings. The van der Waals surface area contributed by atoms with Crippen LogP contribution in [0.25, 0.3) is 0 Å². The van der Waals surface area contributed by atoms with Crippen molar-refractivity contribution >= 4 is 21.6 Å². The Kier molecular flexibility index (Phi) is 6.75. The maximum Gasteiger partial charge on any atom is 0.264 e. The van der Waals surface area contributed by atoms with Gasteiger partial charge in [-0.25, -0.2) is 8.42 Å². The number of carbonyl (C=O) groups is 1. The summed E-state index contributed by atoms with van der Waals surface area (Å²) in [7, 11) is -3.88. The molecule has 1 aliphatic carbocycles. The molecule has 188 valence electrons. The molecule has 6 nitrogen and oxygen atoms in total. The predicted molar refractivity (Wildman–Crippen MR) is 141 cm³/mol. The number of ether oxygens (including phenoxy) is 1. The Morgan fingerprint density at radius 2 is 1.75 bits per heavy atom. The largest absolute Gasteiger partial charge is 0.476 e. The summed E-state index contributed by atoms with van der Waals surface area (Å²) in [6.45, 7) is 3.85. The van der Waals surface area contributed by atoms with Crippen LogP contribution in [0, 0.1) is 6.92 Å². The molecule has 5 rings (SSSR count). The van der Waals surface area contributed by atoms with E-state index in [0.29, 0.717) is 11.4 Å². The second-order valence-corrected chi connectivity index (χ2v) is 11.5. The van der Waals surface area contributed by atoms with E-state index in [4.69, 9.17) is 4.74 Å². The standard InChI is InChI=1S/C29H32N2O4S/c1-3-25(23-15-14-21-8-4-5-9-22(21)18-23)30-29(32)28-19-31(26-10-6-7-11-27(26)35-28)36(33,34)24-16-12-20(2)13-17-24/h6-7,10-18,25,28H,3-5,8-9,19H2,1-2H3,(H,30,32). The highest BCUT2D eigenvalue weighted by atomic mass is 32.2. The number of benzene rings is 3. The van der Waals surface area contributed by atoms with Gasteiger partial charge in [0.2, 0.25) is 0 Å². The number of nitrogens with zero attached hydrogens (tertiary/aromatic N) is 1. The number of hydrogen-bond donors (Lipinski definition) is 1. The summed E-state index contributed by atoms with van der Waals surface area (Å²) in [5.41, 5.74) is 5.25. The van der Waals surface area contributed by atoms with E-state index in [0.717, 1.165) is 30.4 Å². The maximum atomic E-state index is 13.6. The van der Waals surface area contributed by atoms with Gasteiger partial charge in [0.25, 0.3) is 15.9 Å². The lowest BCUT2D eigenvalue weighted by Crippen LogP contribution is -2.51. The topological polar surface area (TPSA) is 75.7 Å². The third-order valence-corrected chi connectivity index (χ3v) is 8.93. The van der Waals surface area contributed by atoms with Crippen LogP contribution < -0.4 is 14.4 Å². The number of sulfonamides is 1. The van der Waals surface area contributed by atoms with Crippen LogP contribution >= 0.6 is 0 Å². The van der Waals surface area contributed by atoms with Crippen LogP contribution in [0.3, 0.4) is 0 Å². The van der Waals surface area contributed by atoms with Gasteiger partial charge in [-0.3, -0.25) is 9.10 Å². The number of anilines is 1. The van der Waals surface area contributed by atoms with E-state index in [1.807, 2.05) is 13.8 Å². The summed E-state index contributed by atoms with van der Waals surface area (Å²) in [4.78, 5) is 13.6. The molecule has 0 bridgehead atoms. The Hall–Kier alpha value is -3.32. The number of fused-ring (bicyclic) bond motifs is 2. The second-order valence-electron chi connectivity index (χ2n) is 9.63. The van der Waals surface area contributed by atoms with Gasteiger partial charge in [0.1, 0.15) is 5.75 Å². The number of amides is 1. The first-order chi connectivity index (χ1) is 17.4. The summed E-state index contributed by atoms with van der Waals surface area (Å²) >= 11 is 0. The molecule has 3 aromatic carbocycles. The van der Waals surface area contributed by atoms with Crippen LogP contribution in [0.15, 0.2) is 71.6 Å². The first-order valence-electron chi connectivity index (χ1n) is 12.6. The van der Waals surface area contributed by atoms with E-state index in [1.165, 1.54) is 28.3 Å². The minimum absolute atomic E-state index is 0.0975. The molecule has 0 saturated heterocycles. The Morgan fingerprint density at radius 1 is 1.03 bits per heavy atom. The van der Waals surface area contributed by atoms with Crippen molar-refractivity contribution in [1.29, 1.82) is 0 Å². The molecule has 0 aromatic heterocycles. The fraction of sp³-hybridized carbons (Fsp3) is 0.345. The van der Waals surface area contributed by atoms with E-state index in [1.54, 1.807) is 48.5 Å². The van der Waals surface area contributed by atoms with Gasteiger partial charge in [-0.15, -0.1) is 0 Å². The molecule has 2 unspecified atom stereocenters. The van der Waals surface area contributed by atoms with E-state index in [2.05, 4.69) is 23.5 Å². The number of carbonyl (C=O) groups excluding carboxylic acids is 1. The van der Waals surface area contributed by atoms with E-state index >= 15 is 0 Å². The minimum Gasteiger partial charge on any atom is -0.476 e. The fourth-order valence-electron chi connectivity index (χ4n) is 5.06. The average Bonchev–Trinajstić information content (AvgIpc) is 2.90. The zero-order valence-corrected chi connectivity index (χ0v) is 21.6. The number of para-hydroxylation sites is 2. The predicted octanol–water partition coefficient (Wildman–Crippen LogP) is 5.10. The van der Waals surface area contributed by atoms with E-state index in [9.17, 15) is 13.2 Å². The monoisotopic (exact) mass is 504 g/mol. The quantitative estimate of drug-likeness (QED) is 0.507. The third-order valence-electron chi connectivity index (χ3n) is 7.14. The van der Waals surface area contributed by atoms with Crippen LogP contribution in [0.4, 0.5) is 5.69 Å². The molecular weight excluding hydrogens is 472 g/mol. The normalized spacial score (nSPS) is 17.9. The smallest absolute Gasteiger partial charge is 0.264 e. The summed E-state index contributed by atoms with van der Waals surface area (Å²) in [6, 6.07) is 20.0. The molecule has 1 heterocycles. The highest BCUT2D eigenvalue weighted by Gasteiger charge is 2.38. The molecule has 1 aliphatic heterocycles. The van der Waals surface area contributed by atoms with Gasteiger partial charge in [0, 0.05) is 0 Å². The van der Waals surface area contributed by atoms with Gasteiger partial charge >= 0.3 is 0 Å². The number of hydrogen-bond acceptors (Lipinski definition) is 4. The van der Waals surface area contributed by atoms with Crippen molar-refractivity contribution in [3.8, 4) is 5.75 Å². The van der Waals surface area contributed by atoms with Gasteiger partial charge < -0.3 is 10.1 Å². The molecule has 36 heavy (non-hydrogen) atoms. The molecule has 1 amide bonds. The molecule has 0 saturated carbocycles. The minimum atomic E-state index is -3.88. The van der Waals surface area contributed by atoms with Crippen molar-refractivity contribution in [3.05, 3.63) is 89.0 Å². The summed E-state index contributed by atoms with van der Waals surface area (Å²) in [6.07, 6.45) is 4.36. The van der Waals surface area contributed by atoms with Crippen molar-refractivity contribution in [2.45, 2.75) is 63.0 Å². The van der Waals surface area contributed by atoms with Crippen molar-refractivity contribution < 1.29 is 17.9 Å². The summed E-state index contributed by atoms with van der Waals surface area (Å²) in [5.74, 6) is 0.0552. The first-order valence-corrected chi connectivity index (χ1v) is 14.1. The third kappa shape index (κ3) is 4.72. The second kappa shape index (κ2) is 9.97. The van der Waals surface area contributed by atoms with Crippen LogP contribution in [-0.2, 0) is 27.7 Å². The summed E-state index contributed by atoms with van der Waals surface area (Å²) < 4.78 is 34.5.